The van der Waals surface area contributed by atoms with E-state index in [4.69, 9.17) is 10.5 Å². The molecule has 2 atom stereocenters. The quantitative estimate of drug-likeness (QED) is 0.854. The lowest BCUT2D eigenvalue weighted by atomic mass is 10.1. The summed E-state index contributed by atoms with van der Waals surface area (Å²) in [5, 5.41) is 2.11. The van der Waals surface area contributed by atoms with E-state index in [1.807, 2.05) is 0 Å². The third kappa shape index (κ3) is 2.83. The summed E-state index contributed by atoms with van der Waals surface area (Å²) < 4.78 is 5.66. The Bertz CT molecular complexity index is 296. The lowest BCUT2D eigenvalue weighted by Crippen LogP contribution is -2.35. The van der Waals surface area contributed by atoms with Crippen molar-refractivity contribution in [1.82, 2.24) is 4.90 Å². The standard InChI is InChI=1S/C12H20N2OS/c1-14(9-10-4-2-6-15-10)11(8-13)12-5-3-7-16-12/h3,5,7,10-11H,2,4,6,8-9,13H2,1H3. The van der Waals surface area contributed by atoms with Gasteiger partial charge in [0.05, 0.1) is 12.1 Å². The first kappa shape index (κ1) is 12.0. The lowest BCUT2D eigenvalue weighted by molar-refractivity contribution is 0.0694. The molecule has 0 aromatic carbocycles. The van der Waals surface area contributed by atoms with Crippen molar-refractivity contribution in [3.8, 4) is 0 Å². The molecule has 0 amide bonds. The average molecular weight is 240 g/mol. The van der Waals surface area contributed by atoms with Crippen LogP contribution in [0.4, 0.5) is 0 Å². The van der Waals surface area contributed by atoms with Gasteiger partial charge in [0, 0.05) is 24.6 Å². The van der Waals surface area contributed by atoms with Gasteiger partial charge in [0.2, 0.25) is 0 Å². The van der Waals surface area contributed by atoms with E-state index in [9.17, 15) is 0 Å². The van der Waals surface area contributed by atoms with Gasteiger partial charge in [-0.05, 0) is 31.3 Å². The topological polar surface area (TPSA) is 38.5 Å². The molecule has 4 heteroatoms. The summed E-state index contributed by atoms with van der Waals surface area (Å²) in [5.74, 6) is 0. The highest BCUT2D eigenvalue weighted by atomic mass is 32.1. The largest absolute Gasteiger partial charge is 0.377 e. The first-order valence-electron chi connectivity index (χ1n) is 5.86. The molecule has 1 fully saturated rings. The molecule has 0 saturated carbocycles. The Morgan fingerprint density at radius 1 is 1.69 bits per heavy atom. The van der Waals surface area contributed by atoms with Gasteiger partial charge in [-0.3, -0.25) is 4.90 Å². The second kappa shape index (κ2) is 5.77. The molecule has 1 aromatic heterocycles. The van der Waals surface area contributed by atoms with Crippen LogP contribution in [0.25, 0.3) is 0 Å². The fraction of sp³-hybridized carbons (Fsp3) is 0.667. The smallest absolute Gasteiger partial charge is 0.0702 e. The molecule has 1 aromatic rings. The molecule has 1 aliphatic heterocycles. The number of hydrogen-bond donors (Lipinski definition) is 1. The Morgan fingerprint density at radius 3 is 3.12 bits per heavy atom. The van der Waals surface area contributed by atoms with Crippen LogP contribution in [0.1, 0.15) is 23.8 Å². The molecule has 3 nitrogen and oxygen atoms in total. The van der Waals surface area contributed by atoms with Gasteiger partial charge in [-0.1, -0.05) is 6.07 Å². The number of rotatable bonds is 5. The highest BCUT2D eigenvalue weighted by molar-refractivity contribution is 7.10. The summed E-state index contributed by atoms with van der Waals surface area (Å²) >= 11 is 1.78. The normalized spacial score (nSPS) is 22.8. The minimum Gasteiger partial charge on any atom is -0.377 e. The van der Waals surface area contributed by atoms with Crippen molar-refractivity contribution >= 4 is 11.3 Å². The summed E-state index contributed by atoms with van der Waals surface area (Å²) in [5.41, 5.74) is 5.86. The van der Waals surface area contributed by atoms with Crippen molar-refractivity contribution in [2.45, 2.75) is 25.0 Å². The van der Waals surface area contributed by atoms with Gasteiger partial charge in [-0.2, -0.15) is 0 Å². The van der Waals surface area contributed by atoms with Crippen LogP contribution in [0.15, 0.2) is 17.5 Å². The zero-order valence-corrected chi connectivity index (χ0v) is 10.6. The molecule has 0 bridgehead atoms. The van der Waals surface area contributed by atoms with Crippen LogP contribution in [0.2, 0.25) is 0 Å². The predicted molar refractivity (Wildman–Crippen MR) is 67.7 cm³/mol. The molecular formula is C12H20N2OS. The van der Waals surface area contributed by atoms with Crippen LogP contribution < -0.4 is 5.73 Å². The maximum absolute atomic E-state index is 5.86. The third-order valence-corrected chi connectivity index (χ3v) is 4.12. The summed E-state index contributed by atoms with van der Waals surface area (Å²) in [6.07, 6.45) is 2.79. The zero-order chi connectivity index (χ0) is 11.4. The van der Waals surface area contributed by atoms with Crippen molar-refractivity contribution in [3.63, 3.8) is 0 Å². The fourth-order valence-electron chi connectivity index (χ4n) is 2.23. The third-order valence-electron chi connectivity index (χ3n) is 3.14. The van der Waals surface area contributed by atoms with E-state index < -0.39 is 0 Å². The summed E-state index contributed by atoms with van der Waals surface area (Å²) in [6, 6.07) is 4.58. The fourth-order valence-corrected chi connectivity index (χ4v) is 3.14. The van der Waals surface area contributed by atoms with Gasteiger partial charge in [0.15, 0.2) is 0 Å². The van der Waals surface area contributed by atoms with Gasteiger partial charge >= 0.3 is 0 Å². The van der Waals surface area contributed by atoms with Crippen LogP contribution >= 0.6 is 11.3 Å². The van der Waals surface area contributed by atoms with Crippen molar-refractivity contribution in [2.24, 2.45) is 5.73 Å². The van der Waals surface area contributed by atoms with Gasteiger partial charge in [0.1, 0.15) is 0 Å². The molecular weight excluding hydrogens is 220 g/mol. The predicted octanol–water partition coefficient (Wildman–Crippen LogP) is 1.86. The SMILES string of the molecule is CN(CC1CCCO1)C(CN)c1cccs1. The van der Waals surface area contributed by atoms with Crippen LogP contribution in [-0.2, 0) is 4.74 Å². The van der Waals surface area contributed by atoms with E-state index in [0.29, 0.717) is 18.7 Å². The molecule has 16 heavy (non-hydrogen) atoms. The number of ether oxygens (including phenoxy) is 1. The van der Waals surface area contributed by atoms with Crippen molar-refractivity contribution < 1.29 is 4.74 Å². The van der Waals surface area contributed by atoms with Crippen molar-refractivity contribution in [3.05, 3.63) is 22.4 Å². The van der Waals surface area contributed by atoms with E-state index in [2.05, 4.69) is 29.5 Å². The second-order valence-electron chi connectivity index (χ2n) is 4.34. The molecule has 1 saturated heterocycles. The van der Waals surface area contributed by atoms with Crippen molar-refractivity contribution in [2.75, 3.05) is 26.7 Å². The Morgan fingerprint density at radius 2 is 2.56 bits per heavy atom. The number of hydrogen-bond acceptors (Lipinski definition) is 4. The van der Waals surface area contributed by atoms with E-state index in [1.165, 1.54) is 17.7 Å². The second-order valence-corrected chi connectivity index (χ2v) is 5.32. The number of thiophene rings is 1. The van der Waals surface area contributed by atoms with Crippen LogP contribution in [-0.4, -0.2) is 37.7 Å². The van der Waals surface area contributed by atoms with Crippen molar-refractivity contribution in [1.29, 1.82) is 0 Å². The maximum Gasteiger partial charge on any atom is 0.0702 e. The van der Waals surface area contributed by atoms with Crippen LogP contribution in [0.3, 0.4) is 0 Å². The van der Waals surface area contributed by atoms with E-state index in [0.717, 1.165) is 13.2 Å². The summed E-state index contributed by atoms with van der Waals surface area (Å²) in [7, 11) is 2.14. The first-order chi connectivity index (χ1) is 7.81. The minimum absolute atomic E-state index is 0.337. The van der Waals surface area contributed by atoms with Crippen LogP contribution in [0, 0.1) is 0 Å². The van der Waals surface area contributed by atoms with Gasteiger partial charge in [0.25, 0.3) is 0 Å². The molecule has 1 aliphatic rings. The summed E-state index contributed by atoms with van der Waals surface area (Å²) in [6.45, 7) is 2.58. The molecule has 2 rings (SSSR count). The summed E-state index contributed by atoms with van der Waals surface area (Å²) in [4.78, 5) is 3.67. The van der Waals surface area contributed by atoms with E-state index in [-0.39, 0.29) is 0 Å². The monoisotopic (exact) mass is 240 g/mol. The van der Waals surface area contributed by atoms with E-state index in [1.54, 1.807) is 11.3 Å². The molecule has 0 spiro atoms. The molecule has 2 N–H and O–H groups in total. The van der Waals surface area contributed by atoms with Gasteiger partial charge in [-0.25, -0.2) is 0 Å². The Hall–Kier alpha value is -0.420. The highest BCUT2D eigenvalue weighted by Crippen LogP contribution is 2.24. The lowest BCUT2D eigenvalue weighted by Gasteiger charge is -2.28. The molecule has 90 valence electrons. The van der Waals surface area contributed by atoms with E-state index >= 15 is 0 Å². The van der Waals surface area contributed by atoms with Gasteiger partial charge in [-0.15, -0.1) is 11.3 Å². The number of likely N-dealkylation sites (N-methyl/N-ethyl adjacent to an activating group) is 1. The minimum atomic E-state index is 0.337. The molecule has 0 radical (unpaired) electrons. The zero-order valence-electron chi connectivity index (χ0n) is 9.76. The average Bonchev–Trinajstić information content (AvgIpc) is 2.91. The Balaban J connectivity index is 1.93. The molecule has 0 aliphatic carbocycles. The van der Waals surface area contributed by atoms with Gasteiger partial charge < -0.3 is 10.5 Å². The number of nitrogens with zero attached hydrogens (tertiary/aromatic N) is 1. The maximum atomic E-state index is 5.86. The highest BCUT2D eigenvalue weighted by Gasteiger charge is 2.22. The Labute approximate surface area is 101 Å². The first-order valence-corrected chi connectivity index (χ1v) is 6.74. The van der Waals surface area contributed by atoms with Crippen LogP contribution in [0.5, 0.6) is 0 Å². The molecule has 2 unspecified atom stereocenters. The number of nitrogens with two attached hydrogens (primary N) is 1. The molecule has 2 heterocycles. The Kier molecular flexibility index (Phi) is 4.35.